The zero-order valence-corrected chi connectivity index (χ0v) is 4.66. The first-order chi connectivity index (χ1) is 4.36. The largest absolute Gasteiger partial charge is 0.367 e. The Balaban J connectivity index is 2.53. The van der Waals surface area contributed by atoms with Crippen LogP contribution in [0.3, 0.4) is 0 Å². The monoisotopic (exact) mass is 120 g/mol. The summed E-state index contributed by atoms with van der Waals surface area (Å²) in [5.74, 6) is 0. The van der Waals surface area contributed by atoms with Crippen LogP contribution in [0.5, 0.6) is 0 Å². The highest BCUT2D eigenvalue weighted by Gasteiger charge is 2.18. The van der Waals surface area contributed by atoms with Gasteiger partial charge in [0.2, 0.25) is 0 Å². The Morgan fingerprint density at radius 3 is 3.11 bits per heavy atom. The Morgan fingerprint density at radius 1 is 1.44 bits per heavy atom. The van der Waals surface area contributed by atoms with Crippen molar-refractivity contribution in [2.45, 2.75) is 6.42 Å². The van der Waals surface area contributed by atoms with Crippen molar-refractivity contribution >= 4 is 17.5 Å². The first-order valence-electron chi connectivity index (χ1n) is 2.73. The summed E-state index contributed by atoms with van der Waals surface area (Å²) in [4.78, 5) is 17.7. The number of urea groups is 1. The number of carbonyl (C=O) groups excluding carboxylic acids is 1. The van der Waals surface area contributed by atoms with Gasteiger partial charge in [0.25, 0.3) is 0 Å². The predicted octanol–water partition coefficient (Wildman–Crippen LogP) is 0.962. The molecular formula is C6H4N2O. The van der Waals surface area contributed by atoms with Crippen molar-refractivity contribution in [1.82, 2.24) is 0 Å². The summed E-state index contributed by atoms with van der Waals surface area (Å²) >= 11 is 0. The van der Waals surface area contributed by atoms with E-state index in [1.54, 1.807) is 0 Å². The van der Waals surface area contributed by atoms with Gasteiger partial charge in [-0.1, -0.05) is 6.08 Å². The highest BCUT2D eigenvalue weighted by molar-refractivity contribution is 6.53. The molecule has 1 aliphatic heterocycles. The third-order valence-electron chi connectivity index (χ3n) is 1.33. The van der Waals surface area contributed by atoms with Crippen molar-refractivity contribution in [3.8, 4) is 0 Å². The Morgan fingerprint density at radius 2 is 2.33 bits per heavy atom. The lowest BCUT2D eigenvalue weighted by Crippen LogP contribution is -1.98. The molecule has 0 atom stereocenters. The summed E-state index contributed by atoms with van der Waals surface area (Å²) in [5.41, 5.74) is 1.57. The number of carbonyl (C=O) groups is 1. The molecule has 0 saturated carbocycles. The maximum absolute atomic E-state index is 10.4. The van der Waals surface area contributed by atoms with Crippen LogP contribution in [0.2, 0.25) is 0 Å². The maximum Gasteiger partial charge on any atom is 0.367 e. The summed E-state index contributed by atoms with van der Waals surface area (Å²) < 4.78 is 0. The molecule has 0 aromatic carbocycles. The van der Waals surface area contributed by atoms with Crippen molar-refractivity contribution in [3.05, 3.63) is 12.2 Å². The van der Waals surface area contributed by atoms with E-state index >= 15 is 0 Å². The topological polar surface area (TPSA) is 41.8 Å². The molecule has 0 saturated heterocycles. The number of rotatable bonds is 0. The Bertz CT molecular complexity index is 260. The number of hydrogen-bond donors (Lipinski definition) is 0. The number of amides is 2. The predicted molar refractivity (Wildman–Crippen MR) is 34.0 cm³/mol. The second kappa shape index (κ2) is 1.37. The fourth-order valence-electron chi connectivity index (χ4n) is 0.931. The van der Waals surface area contributed by atoms with Crippen molar-refractivity contribution in [3.63, 3.8) is 0 Å². The van der Waals surface area contributed by atoms with Gasteiger partial charge in [-0.2, -0.15) is 9.98 Å². The minimum absolute atomic E-state index is 0.357. The van der Waals surface area contributed by atoms with Gasteiger partial charge >= 0.3 is 6.03 Å². The zero-order valence-electron chi connectivity index (χ0n) is 4.66. The number of aliphatic imine (C=N–C) groups is 2. The van der Waals surface area contributed by atoms with Gasteiger partial charge in [-0.3, -0.25) is 0 Å². The molecule has 1 heterocycles. The molecule has 2 amide bonds. The number of fused-ring (bicyclic) bond motifs is 1. The molecule has 0 aromatic rings. The van der Waals surface area contributed by atoms with Crippen LogP contribution in [0.25, 0.3) is 0 Å². The van der Waals surface area contributed by atoms with Crippen LogP contribution < -0.4 is 0 Å². The Hall–Kier alpha value is -1.25. The van der Waals surface area contributed by atoms with E-state index in [4.69, 9.17) is 0 Å². The van der Waals surface area contributed by atoms with E-state index in [0.29, 0.717) is 0 Å². The average Bonchev–Trinajstić information content (AvgIpc) is 2.22. The summed E-state index contributed by atoms with van der Waals surface area (Å²) in [7, 11) is 0. The summed E-state index contributed by atoms with van der Waals surface area (Å²) in [6, 6.07) is -0.357. The third kappa shape index (κ3) is 0.543. The lowest BCUT2D eigenvalue weighted by molar-refractivity contribution is 0.257. The first-order valence-corrected chi connectivity index (χ1v) is 2.73. The fraction of sp³-hybridized carbons (Fsp3) is 0.167. The van der Waals surface area contributed by atoms with Crippen LogP contribution in [0, 0.1) is 0 Å². The van der Waals surface area contributed by atoms with E-state index in [1.807, 2.05) is 12.2 Å². The molecule has 3 nitrogen and oxygen atoms in total. The lowest BCUT2D eigenvalue weighted by Gasteiger charge is -1.80. The molecule has 3 heteroatoms. The van der Waals surface area contributed by atoms with E-state index in [2.05, 4.69) is 9.98 Å². The second-order valence-corrected chi connectivity index (χ2v) is 1.94. The minimum Gasteiger partial charge on any atom is -0.244 e. The van der Waals surface area contributed by atoms with E-state index < -0.39 is 0 Å². The summed E-state index contributed by atoms with van der Waals surface area (Å²) in [5, 5.41) is 0. The van der Waals surface area contributed by atoms with Crippen LogP contribution in [0.4, 0.5) is 4.79 Å². The van der Waals surface area contributed by atoms with Gasteiger partial charge in [0, 0.05) is 6.42 Å². The maximum atomic E-state index is 10.4. The van der Waals surface area contributed by atoms with Gasteiger partial charge in [-0.05, 0) is 6.08 Å². The molecule has 0 spiro atoms. The summed E-state index contributed by atoms with van der Waals surface area (Å²) in [6.07, 6.45) is 4.54. The molecule has 0 radical (unpaired) electrons. The number of allylic oxidation sites excluding steroid dienone is 2. The fourth-order valence-corrected chi connectivity index (χ4v) is 0.931. The highest BCUT2D eigenvalue weighted by atomic mass is 16.2. The lowest BCUT2D eigenvalue weighted by atomic mass is 10.3. The van der Waals surface area contributed by atoms with Crippen molar-refractivity contribution < 1.29 is 4.79 Å². The van der Waals surface area contributed by atoms with Crippen LogP contribution in [0.15, 0.2) is 22.1 Å². The molecule has 2 rings (SSSR count). The summed E-state index contributed by atoms with van der Waals surface area (Å²) in [6.45, 7) is 0. The zero-order chi connectivity index (χ0) is 6.27. The molecule has 0 fully saturated rings. The van der Waals surface area contributed by atoms with Crippen molar-refractivity contribution in [2.75, 3.05) is 0 Å². The first kappa shape index (κ1) is 4.61. The Kier molecular flexibility index (Phi) is 0.704. The van der Waals surface area contributed by atoms with E-state index in [-0.39, 0.29) is 6.03 Å². The van der Waals surface area contributed by atoms with E-state index in [9.17, 15) is 4.79 Å². The smallest absolute Gasteiger partial charge is 0.244 e. The van der Waals surface area contributed by atoms with E-state index in [1.165, 1.54) is 0 Å². The van der Waals surface area contributed by atoms with Crippen LogP contribution in [-0.2, 0) is 0 Å². The molecule has 0 unspecified atom stereocenters. The molecule has 0 N–H and O–H groups in total. The van der Waals surface area contributed by atoms with Gasteiger partial charge in [0.05, 0.1) is 11.4 Å². The van der Waals surface area contributed by atoms with Crippen LogP contribution >= 0.6 is 0 Å². The van der Waals surface area contributed by atoms with Gasteiger partial charge in [0.15, 0.2) is 0 Å². The Labute approximate surface area is 51.8 Å². The quantitative estimate of drug-likeness (QED) is 0.469. The molecule has 0 aromatic heterocycles. The normalized spacial score (nSPS) is 22.0. The van der Waals surface area contributed by atoms with Gasteiger partial charge in [-0.15, -0.1) is 0 Å². The molecular weight excluding hydrogens is 116 g/mol. The number of hydrogen-bond acceptors (Lipinski definition) is 1. The second-order valence-electron chi connectivity index (χ2n) is 1.94. The van der Waals surface area contributed by atoms with E-state index in [0.717, 1.165) is 17.8 Å². The molecule has 44 valence electrons. The number of nitrogens with zero attached hydrogens (tertiary/aromatic N) is 2. The average molecular weight is 120 g/mol. The van der Waals surface area contributed by atoms with Crippen molar-refractivity contribution in [2.24, 2.45) is 9.98 Å². The van der Waals surface area contributed by atoms with Crippen molar-refractivity contribution in [1.29, 1.82) is 0 Å². The molecule has 0 bridgehead atoms. The van der Waals surface area contributed by atoms with Gasteiger partial charge < -0.3 is 0 Å². The molecule has 9 heavy (non-hydrogen) atoms. The minimum atomic E-state index is -0.357. The molecule has 1 aliphatic carbocycles. The van der Waals surface area contributed by atoms with Crippen LogP contribution in [0.1, 0.15) is 6.42 Å². The van der Waals surface area contributed by atoms with Gasteiger partial charge in [-0.25, -0.2) is 4.79 Å². The standard InChI is InChI=1S/C6H4N2O/c9-6-7-4-2-1-3-5(4)8-6/h1-2H,3H2. The highest BCUT2D eigenvalue weighted by Crippen LogP contribution is 2.10. The van der Waals surface area contributed by atoms with Gasteiger partial charge in [0.1, 0.15) is 0 Å². The third-order valence-corrected chi connectivity index (χ3v) is 1.33. The SMILES string of the molecule is O=C1N=C2C=CCC2=N1. The van der Waals surface area contributed by atoms with Crippen LogP contribution in [-0.4, -0.2) is 17.5 Å². The molecule has 2 aliphatic rings.